The first-order chi connectivity index (χ1) is 14.3. The smallest absolute Gasteiger partial charge is 0.214 e. The summed E-state index contributed by atoms with van der Waals surface area (Å²) in [6.45, 7) is 11.0. The lowest BCUT2D eigenvalue weighted by Gasteiger charge is -2.39. The number of nitrogens with one attached hydrogen (secondary N) is 1. The Bertz CT molecular complexity index is 612. The lowest BCUT2D eigenvalue weighted by molar-refractivity contribution is -0.0308. The van der Waals surface area contributed by atoms with Crippen molar-refractivity contribution in [3.05, 3.63) is 0 Å². The number of rotatable bonds is 8. The lowest BCUT2D eigenvalue weighted by atomic mass is 9.80. The third kappa shape index (κ3) is 6.66. The molecule has 0 radical (unpaired) electrons. The Balaban J connectivity index is 1.41. The van der Waals surface area contributed by atoms with Crippen LogP contribution < -0.4 is 4.72 Å². The summed E-state index contributed by atoms with van der Waals surface area (Å²) in [6.07, 6.45) is 9.20. The Morgan fingerprint density at radius 3 is 2.27 bits per heavy atom. The second-order valence-electron chi connectivity index (χ2n) is 10.2. The zero-order chi connectivity index (χ0) is 21.7. The van der Waals surface area contributed by atoms with Gasteiger partial charge < -0.3 is 9.64 Å². The molecule has 0 bridgehead atoms. The van der Waals surface area contributed by atoms with E-state index >= 15 is 0 Å². The molecule has 0 amide bonds. The van der Waals surface area contributed by atoms with Crippen molar-refractivity contribution in [2.75, 3.05) is 32.8 Å². The van der Waals surface area contributed by atoms with E-state index in [-0.39, 0.29) is 23.2 Å². The maximum absolute atomic E-state index is 13.0. The van der Waals surface area contributed by atoms with Crippen LogP contribution in [-0.2, 0) is 14.8 Å². The molecule has 7 heteroatoms. The monoisotopic (exact) mass is 506 g/mol. The first-order valence-corrected chi connectivity index (χ1v) is 14.7. The number of piperidine rings is 1. The highest BCUT2D eigenvalue weighted by Crippen LogP contribution is 2.35. The van der Waals surface area contributed by atoms with Crippen LogP contribution in [0, 0.1) is 23.7 Å². The maximum Gasteiger partial charge on any atom is 0.214 e. The van der Waals surface area contributed by atoms with E-state index in [2.05, 4.69) is 39.4 Å². The quantitative estimate of drug-likeness (QED) is 0.495. The van der Waals surface area contributed by atoms with Gasteiger partial charge in [-0.2, -0.15) is 0 Å². The number of alkyl halides is 1. The summed E-state index contributed by atoms with van der Waals surface area (Å²) in [7, 11) is -3.26. The number of halogens is 1. The predicted octanol–water partition coefficient (Wildman–Crippen LogP) is 4.41. The summed E-state index contributed by atoms with van der Waals surface area (Å²) in [5, 5.41) is -0.276. The molecule has 3 fully saturated rings. The van der Waals surface area contributed by atoms with Crippen molar-refractivity contribution >= 4 is 26.0 Å². The van der Waals surface area contributed by atoms with Crippen molar-refractivity contribution in [3.8, 4) is 0 Å². The van der Waals surface area contributed by atoms with E-state index in [4.69, 9.17) is 4.74 Å². The van der Waals surface area contributed by atoms with E-state index in [9.17, 15) is 8.42 Å². The summed E-state index contributed by atoms with van der Waals surface area (Å²) in [5.41, 5.74) is 0. The lowest BCUT2D eigenvalue weighted by Crippen LogP contribution is -2.47. The third-order valence-corrected chi connectivity index (χ3v) is 10.8. The van der Waals surface area contributed by atoms with Gasteiger partial charge in [0.05, 0.1) is 11.4 Å². The molecule has 3 aliphatic rings. The number of nitrogens with zero attached hydrogens (tertiary/aromatic N) is 1. The fourth-order valence-corrected chi connectivity index (χ4v) is 8.53. The Morgan fingerprint density at radius 2 is 1.67 bits per heavy atom. The average molecular weight is 508 g/mol. The molecule has 1 saturated heterocycles. The van der Waals surface area contributed by atoms with E-state index in [0.717, 1.165) is 31.8 Å². The fraction of sp³-hybridized carbons (Fsp3) is 1.00. The second kappa shape index (κ2) is 11.4. The summed E-state index contributed by atoms with van der Waals surface area (Å²) >= 11 is 3.89. The Kier molecular flexibility index (Phi) is 9.51. The minimum Gasteiger partial charge on any atom is -0.378 e. The molecule has 1 heterocycles. The van der Waals surface area contributed by atoms with Crippen LogP contribution in [0.25, 0.3) is 0 Å². The molecule has 0 spiro atoms. The average Bonchev–Trinajstić information content (AvgIpc) is 2.72. The van der Waals surface area contributed by atoms with E-state index < -0.39 is 10.0 Å². The molecule has 3 rings (SSSR count). The van der Waals surface area contributed by atoms with Crippen LogP contribution >= 0.6 is 15.9 Å². The molecule has 4 unspecified atom stereocenters. The van der Waals surface area contributed by atoms with E-state index in [0.29, 0.717) is 36.7 Å². The summed E-state index contributed by atoms with van der Waals surface area (Å²) in [4.78, 5) is 3.28. The van der Waals surface area contributed by atoms with Crippen molar-refractivity contribution < 1.29 is 13.2 Å². The predicted molar refractivity (Wildman–Crippen MR) is 128 cm³/mol. The highest BCUT2D eigenvalue weighted by atomic mass is 79.9. The van der Waals surface area contributed by atoms with E-state index in [1.54, 1.807) is 0 Å². The molecule has 2 aliphatic carbocycles. The second-order valence-corrected chi connectivity index (χ2v) is 13.4. The normalized spacial score (nSPS) is 37.3. The summed E-state index contributed by atoms with van der Waals surface area (Å²) in [6, 6.07) is 0. The maximum atomic E-state index is 13.0. The van der Waals surface area contributed by atoms with Crippen LogP contribution in [0.2, 0.25) is 0 Å². The van der Waals surface area contributed by atoms with Gasteiger partial charge >= 0.3 is 0 Å². The number of sulfonamides is 1. The van der Waals surface area contributed by atoms with Crippen LogP contribution in [0.1, 0.15) is 72.1 Å². The molecule has 176 valence electrons. The van der Waals surface area contributed by atoms with Gasteiger partial charge in [-0.05, 0) is 82.2 Å². The van der Waals surface area contributed by atoms with Gasteiger partial charge in [-0.1, -0.05) is 42.6 Å². The van der Waals surface area contributed by atoms with Gasteiger partial charge in [0.15, 0.2) is 0 Å². The molecular weight excluding hydrogens is 464 g/mol. The van der Waals surface area contributed by atoms with Crippen molar-refractivity contribution in [2.24, 2.45) is 23.7 Å². The van der Waals surface area contributed by atoms with Crippen molar-refractivity contribution in [3.63, 3.8) is 0 Å². The molecule has 1 aliphatic heterocycles. The molecule has 1 N–H and O–H groups in total. The van der Waals surface area contributed by atoms with Crippen LogP contribution in [-0.4, -0.2) is 62.3 Å². The number of ether oxygens (including phenoxy) is 1. The first kappa shape index (κ1) is 24.9. The molecule has 0 aromatic carbocycles. The Hall–Kier alpha value is 0.310. The largest absolute Gasteiger partial charge is 0.378 e. The SMILES string of the molecule is CCOC1C(C)CC(S(=O)(=O)NCC2CCN(CC3CCCCC3Br)CC2)CC1C. The molecule has 30 heavy (non-hydrogen) atoms. The van der Waals surface area contributed by atoms with Crippen molar-refractivity contribution in [1.82, 2.24) is 9.62 Å². The Morgan fingerprint density at radius 1 is 1.03 bits per heavy atom. The zero-order valence-corrected chi connectivity index (χ0v) is 21.6. The van der Waals surface area contributed by atoms with Crippen molar-refractivity contribution in [2.45, 2.75) is 88.3 Å². The topological polar surface area (TPSA) is 58.6 Å². The highest BCUT2D eigenvalue weighted by Gasteiger charge is 2.39. The van der Waals surface area contributed by atoms with Gasteiger partial charge in [-0.15, -0.1) is 0 Å². The molecule has 4 atom stereocenters. The number of likely N-dealkylation sites (tertiary alicyclic amines) is 1. The highest BCUT2D eigenvalue weighted by molar-refractivity contribution is 9.09. The van der Waals surface area contributed by atoms with Gasteiger partial charge in [-0.25, -0.2) is 13.1 Å². The zero-order valence-electron chi connectivity index (χ0n) is 19.2. The molecular formula is C23H43BrN2O3S. The molecule has 0 aromatic heterocycles. The van der Waals surface area contributed by atoms with E-state index in [1.165, 1.54) is 32.2 Å². The Labute approximate surface area is 193 Å². The summed E-state index contributed by atoms with van der Waals surface area (Å²) in [5.74, 6) is 1.83. The van der Waals surface area contributed by atoms with Crippen molar-refractivity contribution in [1.29, 1.82) is 0 Å². The fourth-order valence-electron chi connectivity index (χ4n) is 5.95. The van der Waals surface area contributed by atoms with Gasteiger partial charge in [0.2, 0.25) is 10.0 Å². The number of hydrogen-bond acceptors (Lipinski definition) is 4. The van der Waals surface area contributed by atoms with Crippen LogP contribution in [0.4, 0.5) is 0 Å². The van der Waals surface area contributed by atoms with Crippen LogP contribution in [0.3, 0.4) is 0 Å². The standard InChI is InChI=1S/C23H43BrN2O3S/c1-4-29-23-17(2)13-21(14-18(23)3)30(27,28)25-15-19-9-11-26(12-10-19)16-20-7-5-6-8-22(20)24/h17-23,25H,4-16H2,1-3H3. The van der Waals surface area contributed by atoms with Gasteiger partial charge in [0.1, 0.15) is 0 Å². The van der Waals surface area contributed by atoms with Crippen LogP contribution in [0.15, 0.2) is 0 Å². The van der Waals surface area contributed by atoms with Gasteiger partial charge in [0, 0.05) is 24.5 Å². The number of hydrogen-bond donors (Lipinski definition) is 1. The first-order valence-electron chi connectivity index (χ1n) is 12.3. The minimum absolute atomic E-state index is 0.189. The van der Waals surface area contributed by atoms with Crippen LogP contribution in [0.5, 0.6) is 0 Å². The molecule has 2 saturated carbocycles. The van der Waals surface area contributed by atoms with Gasteiger partial charge in [0.25, 0.3) is 0 Å². The van der Waals surface area contributed by atoms with E-state index in [1.807, 2.05) is 6.92 Å². The minimum atomic E-state index is -3.26. The summed E-state index contributed by atoms with van der Waals surface area (Å²) < 4.78 is 34.8. The molecule has 0 aromatic rings. The molecule has 5 nitrogen and oxygen atoms in total. The third-order valence-electron chi connectivity index (χ3n) is 7.78. The van der Waals surface area contributed by atoms with Gasteiger partial charge in [-0.3, -0.25) is 0 Å².